The number of aromatic nitrogens is 3. The first-order valence-corrected chi connectivity index (χ1v) is 9.56. The maximum atomic E-state index is 12.9. The van der Waals surface area contributed by atoms with Gasteiger partial charge in [0.25, 0.3) is 5.91 Å². The van der Waals surface area contributed by atoms with E-state index in [4.69, 9.17) is 5.11 Å². The zero-order chi connectivity index (χ0) is 20.9. The Morgan fingerprint density at radius 2 is 2.03 bits per heavy atom. The highest BCUT2D eigenvalue weighted by atomic mass is 19.4. The zero-order valence-corrected chi connectivity index (χ0v) is 15.9. The van der Waals surface area contributed by atoms with Crippen LogP contribution in [0.1, 0.15) is 46.9 Å². The lowest BCUT2D eigenvalue weighted by Gasteiger charge is -2.31. The molecule has 0 atom stereocenters. The molecule has 1 aliphatic heterocycles. The first-order chi connectivity index (χ1) is 13.9. The van der Waals surface area contributed by atoms with Gasteiger partial charge in [-0.3, -0.25) is 9.69 Å². The molecule has 0 aliphatic carbocycles. The van der Waals surface area contributed by atoms with Crippen LogP contribution in [0.3, 0.4) is 0 Å². The highest BCUT2D eigenvalue weighted by Gasteiger charge is 2.30. The van der Waals surface area contributed by atoms with Gasteiger partial charge in [-0.25, -0.2) is 4.68 Å². The Hall–Kier alpha value is -2.46. The second-order valence-electron chi connectivity index (χ2n) is 7.12. The predicted molar refractivity (Wildman–Crippen MR) is 99.1 cm³/mol. The van der Waals surface area contributed by atoms with Crippen LogP contribution in [-0.4, -0.2) is 57.1 Å². The molecule has 2 N–H and O–H groups in total. The summed E-state index contributed by atoms with van der Waals surface area (Å²) in [5.74, 6) is -0.327. The fraction of sp³-hybridized carbons (Fsp3) is 0.526. The lowest BCUT2D eigenvalue weighted by atomic mass is 10.0. The molecule has 1 fully saturated rings. The van der Waals surface area contributed by atoms with Gasteiger partial charge in [-0.05, 0) is 30.9 Å². The van der Waals surface area contributed by atoms with E-state index in [9.17, 15) is 18.0 Å². The Bertz CT molecular complexity index is 816. The van der Waals surface area contributed by atoms with Crippen molar-refractivity contribution in [2.24, 2.45) is 0 Å². The van der Waals surface area contributed by atoms with Crippen LogP contribution in [0.25, 0.3) is 0 Å². The molecule has 2 aromatic rings. The molecule has 0 unspecified atom stereocenters. The molecule has 158 valence electrons. The third-order valence-electron chi connectivity index (χ3n) is 4.96. The fourth-order valence-electron chi connectivity index (χ4n) is 3.38. The van der Waals surface area contributed by atoms with Crippen LogP contribution < -0.4 is 5.32 Å². The van der Waals surface area contributed by atoms with Gasteiger partial charge in [0.05, 0.1) is 17.8 Å². The molecule has 7 nitrogen and oxygen atoms in total. The number of alkyl halides is 3. The van der Waals surface area contributed by atoms with Crippen LogP contribution in [0.2, 0.25) is 0 Å². The summed E-state index contributed by atoms with van der Waals surface area (Å²) >= 11 is 0. The number of carbonyl (C=O) groups excluding carboxylic acids is 1. The van der Waals surface area contributed by atoms with E-state index in [-0.39, 0.29) is 24.2 Å². The number of piperidine rings is 1. The molecule has 1 amide bonds. The Kier molecular flexibility index (Phi) is 6.86. The molecule has 0 bridgehead atoms. The van der Waals surface area contributed by atoms with Crippen molar-refractivity contribution >= 4 is 5.91 Å². The number of hydrogen-bond donors (Lipinski definition) is 2. The smallest absolute Gasteiger partial charge is 0.396 e. The van der Waals surface area contributed by atoms with Gasteiger partial charge in [0.15, 0.2) is 5.69 Å². The standard InChI is InChI=1S/C19H24F3N5O2/c20-19(21,22)15-4-1-3-14(11-15)12-26-8-5-16(6-9-26)27-13-17(24-25-27)18(29)23-7-2-10-28/h1,3-4,11,13,16,28H,2,5-10,12H2,(H,23,29). The summed E-state index contributed by atoms with van der Waals surface area (Å²) in [6.45, 7) is 2.28. The first-order valence-electron chi connectivity index (χ1n) is 9.56. The number of halogens is 3. The van der Waals surface area contributed by atoms with E-state index in [2.05, 4.69) is 20.5 Å². The van der Waals surface area contributed by atoms with Gasteiger partial charge < -0.3 is 10.4 Å². The number of nitrogens with one attached hydrogen (secondary N) is 1. The van der Waals surface area contributed by atoms with Crippen molar-refractivity contribution in [3.05, 3.63) is 47.3 Å². The lowest BCUT2D eigenvalue weighted by molar-refractivity contribution is -0.137. The highest BCUT2D eigenvalue weighted by Crippen LogP contribution is 2.30. The summed E-state index contributed by atoms with van der Waals surface area (Å²) in [7, 11) is 0. The minimum Gasteiger partial charge on any atom is -0.396 e. The Morgan fingerprint density at radius 1 is 1.28 bits per heavy atom. The Morgan fingerprint density at radius 3 is 2.72 bits per heavy atom. The van der Waals surface area contributed by atoms with Crippen LogP contribution in [0, 0.1) is 0 Å². The minimum atomic E-state index is -4.34. The van der Waals surface area contributed by atoms with Crippen molar-refractivity contribution in [3.8, 4) is 0 Å². The minimum absolute atomic E-state index is 0.00600. The van der Waals surface area contributed by atoms with Gasteiger partial charge in [-0.1, -0.05) is 23.4 Å². The Labute approximate surface area is 166 Å². The van der Waals surface area contributed by atoms with E-state index >= 15 is 0 Å². The molecule has 0 spiro atoms. The first kappa shape index (κ1) is 21.3. The van der Waals surface area contributed by atoms with Crippen molar-refractivity contribution in [2.45, 2.75) is 38.0 Å². The summed E-state index contributed by atoms with van der Waals surface area (Å²) in [5, 5.41) is 19.4. The molecular formula is C19H24F3N5O2. The predicted octanol–water partition coefficient (Wildman–Crippen LogP) is 2.25. The number of carbonyl (C=O) groups is 1. The van der Waals surface area contributed by atoms with Crippen LogP contribution in [0.5, 0.6) is 0 Å². The number of nitrogens with zero attached hydrogens (tertiary/aromatic N) is 4. The number of aliphatic hydroxyl groups excluding tert-OH is 1. The topological polar surface area (TPSA) is 83.3 Å². The lowest BCUT2D eigenvalue weighted by Crippen LogP contribution is -2.34. The molecule has 1 saturated heterocycles. The number of likely N-dealkylation sites (tertiary alicyclic amines) is 1. The highest BCUT2D eigenvalue weighted by molar-refractivity contribution is 5.91. The average Bonchev–Trinajstić information content (AvgIpc) is 3.19. The molecule has 0 saturated carbocycles. The van der Waals surface area contributed by atoms with Gasteiger partial charge in [0, 0.05) is 32.8 Å². The molecule has 3 rings (SSSR count). The van der Waals surface area contributed by atoms with Crippen LogP contribution in [-0.2, 0) is 12.7 Å². The van der Waals surface area contributed by atoms with Gasteiger partial charge in [0.2, 0.25) is 0 Å². The number of amides is 1. The average molecular weight is 411 g/mol. The molecule has 10 heteroatoms. The molecule has 1 aromatic heterocycles. The monoisotopic (exact) mass is 411 g/mol. The van der Waals surface area contributed by atoms with Crippen molar-refractivity contribution in [1.82, 2.24) is 25.2 Å². The van der Waals surface area contributed by atoms with E-state index in [1.54, 1.807) is 16.9 Å². The van der Waals surface area contributed by atoms with Crippen molar-refractivity contribution in [2.75, 3.05) is 26.2 Å². The van der Waals surface area contributed by atoms with E-state index in [0.29, 0.717) is 25.1 Å². The van der Waals surface area contributed by atoms with Crippen molar-refractivity contribution < 1.29 is 23.1 Å². The second kappa shape index (κ2) is 9.36. The molecule has 1 aliphatic rings. The third-order valence-corrected chi connectivity index (χ3v) is 4.96. The Balaban J connectivity index is 1.51. The van der Waals surface area contributed by atoms with Crippen LogP contribution in [0.4, 0.5) is 13.2 Å². The third kappa shape index (κ3) is 5.77. The van der Waals surface area contributed by atoms with Crippen molar-refractivity contribution in [1.29, 1.82) is 0 Å². The number of aliphatic hydroxyl groups is 1. The molecule has 0 radical (unpaired) electrons. The van der Waals surface area contributed by atoms with Gasteiger partial charge in [0.1, 0.15) is 0 Å². The number of rotatable bonds is 7. The van der Waals surface area contributed by atoms with Gasteiger partial charge in [-0.15, -0.1) is 5.10 Å². The maximum Gasteiger partial charge on any atom is 0.416 e. The number of benzene rings is 1. The SMILES string of the molecule is O=C(NCCCO)c1cn(C2CCN(Cc3cccc(C(F)(F)F)c3)CC2)nn1. The van der Waals surface area contributed by atoms with Crippen LogP contribution in [0.15, 0.2) is 30.5 Å². The van der Waals surface area contributed by atoms with Crippen LogP contribution >= 0.6 is 0 Å². The fourth-order valence-corrected chi connectivity index (χ4v) is 3.38. The maximum absolute atomic E-state index is 12.9. The van der Waals surface area contributed by atoms with Crippen molar-refractivity contribution in [3.63, 3.8) is 0 Å². The summed E-state index contributed by atoms with van der Waals surface area (Å²) in [5.41, 5.74) is 0.243. The van der Waals surface area contributed by atoms with Gasteiger partial charge >= 0.3 is 6.18 Å². The normalized spacial score (nSPS) is 16.1. The molecular weight excluding hydrogens is 387 g/mol. The second-order valence-corrected chi connectivity index (χ2v) is 7.12. The molecule has 1 aromatic carbocycles. The summed E-state index contributed by atoms with van der Waals surface area (Å²) in [6, 6.07) is 5.52. The number of hydrogen-bond acceptors (Lipinski definition) is 5. The van der Waals surface area contributed by atoms with E-state index in [1.807, 2.05) is 0 Å². The molecule has 2 heterocycles. The van der Waals surface area contributed by atoms with Gasteiger partial charge in [-0.2, -0.15) is 13.2 Å². The quantitative estimate of drug-likeness (QED) is 0.683. The summed E-state index contributed by atoms with van der Waals surface area (Å²) in [6.07, 6.45) is -0.703. The zero-order valence-electron chi connectivity index (χ0n) is 15.9. The largest absolute Gasteiger partial charge is 0.416 e. The summed E-state index contributed by atoms with van der Waals surface area (Å²) in [4.78, 5) is 14.1. The summed E-state index contributed by atoms with van der Waals surface area (Å²) < 4.78 is 40.3. The molecule has 29 heavy (non-hydrogen) atoms. The van der Waals surface area contributed by atoms with E-state index < -0.39 is 11.7 Å². The van der Waals surface area contributed by atoms with E-state index in [0.717, 1.165) is 32.0 Å². The van der Waals surface area contributed by atoms with E-state index in [1.165, 1.54) is 12.1 Å².